The van der Waals surface area contributed by atoms with E-state index >= 15 is 0 Å². The Kier molecular flexibility index (Phi) is 3.53. The highest BCUT2D eigenvalue weighted by Crippen LogP contribution is 2.31. The van der Waals surface area contributed by atoms with E-state index in [4.69, 9.17) is 11.6 Å². The number of aromatic amines is 1. The fourth-order valence-corrected chi connectivity index (χ4v) is 2.46. The van der Waals surface area contributed by atoms with Crippen LogP contribution in [-0.4, -0.2) is 20.0 Å². The van der Waals surface area contributed by atoms with E-state index in [1.54, 1.807) is 0 Å². The lowest BCUT2D eigenvalue weighted by Gasteiger charge is -2.00. The van der Waals surface area contributed by atoms with Gasteiger partial charge in [-0.25, -0.2) is 4.68 Å². The molecule has 1 N–H and O–H groups in total. The smallest absolute Gasteiger partial charge is 0.227 e. The third kappa shape index (κ3) is 2.11. The van der Waals surface area contributed by atoms with Crippen LogP contribution in [0.5, 0.6) is 0 Å². The van der Waals surface area contributed by atoms with Gasteiger partial charge in [0.1, 0.15) is 14.4 Å². The first-order chi connectivity index (χ1) is 7.50. The third-order valence-corrected chi connectivity index (χ3v) is 4.98. The van der Waals surface area contributed by atoms with Crippen LogP contribution >= 0.6 is 59.4 Å². The van der Waals surface area contributed by atoms with E-state index in [-0.39, 0.29) is 16.4 Å². The normalized spacial score (nSPS) is 10.8. The molecular weight excluding hydrogens is 431 g/mol. The highest BCUT2D eigenvalue weighted by atomic mass is 79.9. The largest absolute Gasteiger partial charge is 0.286 e. The minimum atomic E-state index is -0.327. The van der Waals surface area contributed by atoms with Crippen molar-refractivity contribution >= 4 is 59.4 Å². The Hall–Kier alpha value is -0.180. The summed E-state index contributed by atoms with van der Waals surface area (Å²) in [5.41, 5.74) is -0.327. The van der Waals surface area contributed by atoms with Gasteiger partial charge in [0.15, 0.2) is 0 Å². The van der Waals surface area contributed by atoms with E-state index in [2.05, 4.69) is 63.1 Å². The van der Waals surface area contributed by atoms with E-state index in [1.165, 1.54) is 10.7 Å². The molecular formula is C7H2Br3ClN4O. The zero-order valence-corrected chi connectivity index (χ0v) is 12.9. The molecule has 2 heterocycles. The highest BCUT2D eigenvalue weighted by Gasteiger charge is 2.16. The molecule has 0 fully saturated rings. The Bertz CT molecular complexity index is 608. The minimum absolute atomic E-state index is 0.127. The van der Waals surface area contributed by atoms with Gasteiger partial charge < -0.3 is 0 Å². The molecule has 0 unspecified atom stereocenters. The fraction of sp³-hybridized carbons (Fsp3) is 0. The Balaban J connectivity index is 2.68. The van der Waals surface area contributed by atoms with E-state index in [1.807, 2.05) is 0 Å². The molecule has 0 aliphatic carbocycles. The van der Waals surface area contributed by atoms with Gasteiger partial charge in [-0.2, -0.15) is 10.2 Å². The molecule has 0 aliphatic heterocycles. The van der Waals surface area contributed by atoms with Crippen LogP contribution in [0.2, 0.25) is 5.15 Å². The maximum atomic E-state index is 11.6. The summed E-state index contributed by atoms with van der Waals surface area (Å²) in [6.07, 6.45) is 0. The summed E-state index contributed by atoms with van der Waals surface area (Å²) < 4.78 is 3.20. The standard InChI is InChI=1S/C7H2Br3ClN4O/c8-4-5(9)14-15(6(4)10)7-2(16)1-3(11)12-13-7/h1H,(H,12,16). The summed E-state index contributed by atoms with van der Waals surface area (Å²) in [6.45, 7) is 0. The number of nitrogens with zero attached hydrogens (tertiary/aromatic N) is 3. The molecule has 5 nitrogen and oxygen atoms in total. The molecule has 0 atom stereocenters. The Morgan fingerprint density at radius 1 is 1.38 bits per heavy atom. The van der Waals surface area contributed by atoms with Crippen molar-refractivity contribution in [1.29, 1.82) is 0 Å². The number of aromatic nitrogens is 4. The van der Waals surface area contributed by atoms with Crippen molar-refractivity contribution in [3.8, 4) is 5.82 Å². The second-order valence-electron chi connectivity index (χ2n) is 2.71. The van der Waals surface area contributed by atoms with Gasteiger partial charge in [-0.05, 0) is 47.8 Å². The van der Waals surface area contributed by atoms with Crippen LogP contribution in [0.15, 0.2) is 24.5 Å². The minimum Gasteiger partial charge on any atom is -0.286 e. The Morgan fingerprint density at radius 2 is 2.06 bits per heavy atom. The zero-order valence-electron chi connectivity index (χ0n) is 7.34. The number of halogens is 4. The average Bonchev–Trinajstić information content (AvgIpc) is 2.46. The quantitative estimate of drug-likeness (QED) is 0.753. The van der Waals surface area contributed by atoms with Crippen molar-refractivity contribution in [3.05, 3.63) is 35.1 Å². The van der Waals surface area contributed by atoms with Gasteiger partial charge in [0, 0.05) is 6.07 Å². The summed E-state index contributed by atoms with van der Waals surface area (Å²) in [7, 11) is 0. The topological polar surface area (TPSA) is 63.6 Å². The second-order valence-corrected chi connectivity index (χ2v) is 5.41. The highest BCUT2D eigenvalue weighted by molar-refractivity contribution is 9.14. The van der Waals surface area contributed by atoms with Crippen LogP contribution in [0.3, 0.4) is 0 Å². The zero-order chi connectivity index (χ0) is 11.9. The maximum Gasteiger partial charge on any atom is 0.227 e. The molecule has 2 aromatic rings. The van der Waals surface area contributed by atoms with Crippen LogP contribution in [0.1, 0.15) is 0 Å². The third-order valence-electron chi connectivity index (χ3n) is 1.68. The molecule has 0 saturated carbocycles. The van der Waals surface area contributed by atoms with Crippen molar-refractivity contribution in [2.45, 2.75) is 0 Å². The Morgan fingerprint density at radius 3 is 2.56 bits per heavy atom. The second kappa shape index (κ2) is 4.59. The molecule has 0 bridgehead atoms. The molecule has 84 valence electrons. The molecule has 0 aromatic carbocycles. The van der Waals surface area contributed by atoms with Crippen LogP contribution in [0, 0.1) is 0 Å². The van der Waals surface area contributed by atoms with Gasteiger partial charge in [-0.15, -0.1) is 0 Å². The lowest BCUT2D eigenvalue weighted by molar-refractivity contribution is 0.785. The van der Waals surface area contributed by atoms with Gasteiger partial charge in [0.2, 0.25) is 11.2 Å². The molecule has 0 aliphatic rings. The lowest BCUT2D eigenvalue weighted by atomic mass is 10.5. The van der Waals surface area contributed by atoms with Crippen LogP contribution in [0.25, 0.3) is 5.82 Å². The summed E-state index contributed by atoms with van der Waals surface area (Å²) >= 11 is 15.4. The monoisotopic (exact) mass is 430 g/mol. The van der Waals surface area contributed by atoms with Crippen molar-refractivity contribution in [3.63, 3.8) is 0 Å². The van der Waals surface area contributed by atoms with Gasteiger partial charge in [-0.1, -0.05) is 11.6 Å². The first-order valence-electron chi connectivity index (χ1n) is 3.86. The van der Waals surface area contributed by atoms with Crippen molar-refractivity contribution in [2.24, 2.45) is 0 Å². The lowest BCUT2D eigenvalue weighted by Crippen LogP contribution is -2.15. The maximum absolute atomic E-state index is 11.6. The molecule has 0 amide bonds. The molecule has 2 rings (SSSR count). The number of hydrogen-bond acceptors (Lipinski definition) is 3. The van der Waals surface area contributed by atoms with Crippen molar-refractivity contribution in [2.75, 3.05) is 0 Å². The van der Waals surface area contributed by atoms with E-state index < -0.39 is 0 Å². The number of nitrogens with one attached hydrogen (secondary N) is 1. The summed E-state index contributed by atoms with van der Waals surface area (Å²) in [5, 5.41) is 10.6. The number of rotatable bonds is 1. The van der Waals surface area contributed by atoms with Crippen LogP contribution in [-0.2, 0) is 0 Å². The molecule has 0 radical (unpaired) electrons. The molecule has 0 saturated heterocycles. The van der Waals surface area contributed by atoms with Gasteiger partial charge in [0.25, 0.3) is 0 Å². The number of hydrogen-bond donors (Lipinski definition) is 1. The number of H-pyrrole nitrogens is 1. The fourth-order valence-electron chi connectivity index (χ4n) is 1.02. The summed E-state index contributed by atoms with van der Waals surface area (Å²) in [6, 6.07) is 1.24. The van der Waals surface area contributed by atoms with E-state index in [0.29, 0.717) is 13.7 Å². The van der Waals surface area contributed by atoms with Gasteiger partial charge >= 0.3 is 0 Å². The molecule has 0 spiro atoms. The average molecular weight is 433 g/mol. The summed E-state index contributed by atoms with van der Waals surface area (Å²) in [5.74, 6) is 0.127. The first kappa shape index (κ1) is 12.3. The van der Waals surface area contributed by atoms with Crippen LogP contribution < -0.4 is 5.43 Å². The summed E-state index contributed by atoms with van der Waals surface area (Å²) in [4.78, 5) is 11.6. The molecule has 9 heteroatoms. The van der Waals surface area contributed by atoms with Crippen molar-refractivity contribution in [1.82, 2.24) is 20.0 Å². The van der Waals surface area contributed by atoms with E-state index in [0.717, 1.165) is 0 Å². The van der Waals surface area contributed by atoms with Crippen molar-refractivity contribution < 1.29 is 0 Å². The van der Waals surface area contributed by atoms with E-state index in [9.17, 15) is 4.79 Å². The first-order valence-corrected chi connectivity index (χ1v) is 6.61. The Labute approximate surface area is 120 Å². The predicted molar refractivity (Wildman–Crippen MR) is 70.1 cm³/mol. The SMILES string of the molecule is O=c1cc(Cl)[nH]nc1-n1nc(Br)c(Br)c1Br. The van der Waals surface area contributed by atoms with Crippen LogP contribution in [0.4, 0.5) is 0 Å². The predicted octanol–water partition coefficient (Wildman–Crippen LogP) is 2.90. The van der Waals surface area contributed by atoms with Gasteiger partial charge in [0.05, 0.1) is 4.47 Å². The molecule has 16 heavy (non-hydrogen) atoms. The van der Waals surface area contributed by atoms with Gasteiger partial charge in [-0.3, -0.25) is 9.89 Å². The molecule has 2 aromatic heterocycles.